The molecule has 1 N–H and O–H groups in total. The molecule has 5 heteroatoms. The summed E-state index contributed by atoms with van der Waals surface area (Å²) in [6, 6.07) is 15.5. The van der Waals surface area contributed by atoms with Gasteiger partial charge in [-0.05, 0) is 55.7 Å². The van der Waals surface area contributed by atoms with Crippen molar-refractivity contribution in [3.05, 3.63) is 65.2 Å². The highest BCUT2D eigenvalue weighted by Crippen LogP contribution is 2.20. The first-order valence-electron chi connectivity index (χ1n) is 8.39. The fourth-order valence-electron chi connectivity index (χ4n) is 2.94. The minimum Gasteiger partial charge on any atom is -0.339 e. The van der Waals surface area contributed by atoms with Gasteiger partial charge in [0.05, 0.1) is 22.9 Å². The van der Waals surface area contributed by atoms with E-state index in [1.54, 1.807) is 48.5 Å². The second kappa shape index (κ2) is 7.63. The van der Waals surface area contributed by atoms with Crippen LogP contribution in [0, 0.1) is 11.3 Å². The van der Waals surface area contributed by atoms with E-state index in [2.05, 4.69) is 5.32 Å². The molecule has 0 aromatic heterocycles. The molecule has 2 amide bonds. The average molecular weight is 333 g/mol. The number of piperidine rings is 1. The molecular weight excluding hydrogens is 314 g/mol. The van der Waals surface area contributed by atoms with E-state index in [1.807, 2.05) is 11.0 Å². The van der Waals surface area contributed by atoms with Crippen LogP contribution in [0.25, 0.3) is 0 Å². The number of carbonyl (C=O) groups excluding carboxylic acids is 2. The zero-order valence-electron chi connectivity index (χ0n) is 13.9. The summed E-state index contributed by atoms with van der Waals surface area (Å²) in [5.41, 5.74) is 1.95. The fraction of sp³-hybridized carbons (Fsp3) is 0.250. The molecule has 2 aromatic carbocycles. The van der Waals surface area contributed by atoms with Gasteiger partial charge in [0.1, 0.15) is 0 Å². The number of carbonyl (C=O) groups is 2. The smallest absolute Gasteiger partial charge is 0.255 e. The molecule has 126 valence electrons. The summed E-state index contributed by atoms with van der Waals surface area (Å²) in [5, 5.41) is 11.6. The number of para-hydroxylation sites is 1. The van der Waals surface area contributed by atoms with E-state index in [-0.39, 0.29) is 11.8 Å². The molecule has 1 aliphatic rings. The van der Waals surface area contributed by atoms with Gasteiger partial charge < -0.3 is 10.2 Å². The zero-order valence-corrected chi connectivity index (χ0v) is 13.9. The number of nitriles is 1. The molecule has 0 atom stereocenters. The fourth-order valence-corrected chi connectivity index (χ4v) is 2.94. The van der Waals surface area contributed by atoms with Crippen molar-refractivity contribution >= 4 is 17.5 Å². The molecule has 25 heavy (non-hydrogen) atoms. The summed E-state index contributed by atoms with van der Waals surface area (Å²) in [4.78, 5) is 27.0. The standard InChI is InChI=1S/C20H19N3O2/c21-14-15-8-10-16(11-9-15)19(24)22-18-7-3-2-6-17(18)20(25)23-12-4-1-5-13-23/h2-3,6-11H,1,4-5,12-13H2,(H,22,24). The maximum Gasteiger partial charge on any atom is 0.255 e. The van der Waals surface area contributed by atoms with Gasteiger partial charge in [-0.25, -0.2) is 0 Å². The molecule has 1 fully saturated rings. The Morgan fingerprint density at radius 1 is 0.960 bits per heavy atom. The number of likely N-dealkylation sites (tertiary alicyclic amines) is 1. The number of rotatable bonds is 3. The molecule has 0 saturated carbocycles. The van der Waals surface area contributed by atoms with Crippen LogP contribution in [0.5, 0.6) is 0 Å². The van der Waals surface area contributed by atoms with Gasteiger partial charge in [-0.15, -0.1) is 0 Å². The number of hydrogen-bond donors (Lipinski definition) is 1. The van der Waals surface area contributed by atoms with E-state index in [1.165, 1.54) is 0 Å². The van der Waals surface area contributed by atoms with Crippen molar-refractivity contribution in [3.8, 4) is 6.07 Å². The van der Waals surface area contributed by atoms with Gasteiger partial charge in [-0.3, -0.25) is 9.59 Å². The van der Waals surface area contributed by atoms with Gasteiger partial charge in [-0.1, -0.05) is 12.1 Å². The maximum absolute atomic E-state index is 12.8. The Morgan fingerprint density at radius 2 is 1.64 bits per heavy atom. The van der Waals surface area contributed by atoms with E-state index in [0.29, 0.717) is 22.4 Å². The van der Waals surface area contributed by atoms with Crippen molar-refractivity contribution in [2.45, 2.75) is 19.3 Å². The summed E-state index contributed by atoms with van der Waals surface area (Å²) >= 11 is 0. The summed E-state index contributed by atoms with van der Waals surface area (Å²) in [6.07, 6.45) is 3.19. The Labute approximate surface area is 146 Å². The number of nitrogens with zero attached hydrogens (tertiary/aromatic N) is 2. The minimum absolute atomic E-state index is 0.0459. The maximum atomic E-state index is 12.8. The van der Waals surface area contributed by atoms with E-state index in [9.17, 15) is 9.59 Å². The van der Waals surface area contributed by atoms with Gasteiger partial charge in [0.15, 0.2) is 0 Å². The van der Waals surface area contributed by atoms with Crippen molar-refractivity contribution in [2.24, 2.45) is 0 Å². The van der Waals surface area contributed by atoms with Crippen molar-refractivity contribution in [2.75, 3.05) is 18.4 Å². The van der Waals surface area contributed by atoms with E-state index in [4.69, 9.17) is 5.26 Å². The monoisotopic (exact) mass is 333 g/mol. The molecule has 1 aliphatic heterocycles. The number of benzene rings is 2. The van der Waals surface area contributed by atoms with Crippen molar-refractivity contribution in [1.82, 2.24) is 4.90 Å². The lowest BCUT2D eigenvalue weighted by molar-refractivity contribution is 0.0725. The van der Waals surface area contributed by atoms with Crippen molar-refractivity contribution in [3.63, 3.8) is 0 Å². The third-order valence-electron chi connectivity index (χ3n) is 4.33. The number of hydrogen-bond acceptors (Lipinski definition) is 3. The van der Waals surface area contributed by atoms with Crippen LogP contribution in [-0.4, -0.2) is 29.8 Å². The summed E-state index contributed by atoms with van der Waals surface area (Å²) in [7, 11) is 0. The SMILES string of the molecule is N#Cc1ccc(C(=O)Nc2ccccc2C(=O)N2CCCCC2)cc1. The van der Waals surface area contributed by atoms with E-state index >= 15 is 0 Å². The Morgan fingerprint density at radius 3 is 2.32 bits per heavy atom. The third kappa shape index (κ3) is 3.86. The average Bonchev–Trinajstić information content (AvgIpc) is 2.68. The Kier molecular flexibility index (Phi) is 5.10. The van der Waals surface area contributed by atoms with Gasteiger partial charge in [0.2, 0.25) is 0 Å². The molecule has 0 spiro atoms. The highest BCUT2D eigenvalue weighted by Gasteiger charge is 2.21. The molecule has 0 radical (unpaired) electrons. The second-order valence-corrected chi connectivity index (χ2v) is 6.04. The van der Waals surface area contributed by atoms with Crippen molar-refractivity contribution < 1.29 is 9.59 Å². The molecule has 1 heterocycles. The number of amides is 2. The highest BCUT2D eigenvalue weighted by molar-refractivity contribution is 6.09. The summed E-state index contributed by atoms with van der Waals surface area (Å²) < 4.78 is 0. The highest BCUT2D eigenvalue weighted by atomic mass is 16.2. The van der Waals surface area contributed by atoms with E-state index < -0.39 is 0 Å². The van der Waals surface area contributed by atoms with Crippen LogP contribution in [0.1, 0.15) is 45.5 Å². The lowest BCUT2D eigenvalue weighted by Crippen LogP contribution is -2.36. The molecule has 1 saturated heterocycles. The topological polar surface area (TPSA) is 73.2 Å². The van der Waals surface area contributed by atoms with Crippen LogP contribution in [-0.2, 0) is 0 Å². The summed E-state index contributed by atoms with van der Waals surface area (Å²) in [5.74, 6) is -0.348. The number of nitrogens with one attached hydrogen (secondary N) is 1. The lowest BCUT2D eigenvalue weighted by Gasteiger charge is -2.27. The third-order valence-corrected chi connectivity index (χ3v) is 4.33. The molecule has 3 rings (SSSR count). The Balaban J connectivity index is 1.79. The van der Waals surface area contributed by atoms with Gasteiger partial charge in [-0.2, -0.15) is 5.26 Å². The molecule has 0 unspecified atom stereocenters. The van der Waals surface area contributed by atoms with Gasteiger partial charge >= 0.3 is 0 Å². The molecule has 2 aromatic rings. The Hall–Kier alpha value is -3.13. The Bertz CT molecular complexity index is 816. The molecule has 0 aliphatic carbocycles. The largest absolute Gasteiger partial charge is 0.339 e. The predicted molar refractivity (Wildman–Crippen MR) is 95.3 cm³/mol. The van der Waals surface area contributed by atoms with Gasteiger partial charge in [0, 0.05) is 18.7 Å². The zero-order chi connectivity index (χ0) is 17.6. The van der Waals surface area contributed by atoms with Crippen LogP contribution >= 0.6 is 0 Å². The quantitative estimate of drug-likeness (QED) is 0.935. The number of anilines is 1. The lowest BCUT2D eigenvalue weighted by atomic mass is 10.1. The second-order valence-electron chi connectivity index (χ2n) is 6.04. The molecule has 5 nitrogen and oxygen atoms in total. The van der Waals surface area contributed by atoms with Gasteiger partial charge in [0.25, 0.3) is 11.8 Å². The van der Waals surface area contributed by atoms with E-state index in [0.717, 1.165) is 32.4 Å². The van der Waals surface area contributed by atoms with Crippen LogP contribution < -0.4 is 5.32 Å². The van der Waals surface area contributed by atoms with Crippen molar-refractivity contribution in [1.29, 1.82) is 5.26 Å². The first-order chi connectivity index (χ1) is 12.2. The minimum atomic E-state index is -0.302. The van der Waals surface area contributed by atoms with Crippen LogP contribution in [0.4, 0.5) is 5.69 Å². The first kappa shape index (κ1) is 16.7. The first-order valence-corrected chi connectivity index (χ1v) is 8.39. The molecule has 0 bridgehead atoms. The van der Waals surface area contributed by atoms with Crippen LogP contribution in [0.15, 0.2) is 48.5 Å². The van der Waals surface area contributed by atoms with Crippen LogP contribution in [0.3, 0.4) is 0 Å². The summed E-state index contributed by atoms with van der Waals surface area (Å²) in [6.45, 7) is 1.52. The molecular formula is C20H19N3O2. The normalized spacial score (nSPS) is 13.8. The van der Waals surface area contributed by atoms with Crippen LogP contribution in [0.2, 0.25) is 0 Å². The predicted octanol–water partition coefficient (Wildman–Crippen LogP) is 3.44.